The second-order valence-electron chi connectivity index (χ2n) is 6.83. The zero-order valence-electron chi connectivity index (χ0n) is 15.7. The van der Waals surface area contributed by atoms with Gasteiger partial charge in [-0.15, -0.1) is 11.3 Å². The Bertz CT molecular complexity index is 1230. The molecule has 3 aromatic rings. The highest BCUT2D eigenvalue weighted by molar-refractivity contribution is 7.16. The molecule has 0 radical (unpaired) electrons. The average Bonchev–Trinajstić information content (AvgIpc) is 3.40. The van der Waals surface area contributed by atoms with Crippen LogP contribution in [0.5, 0.6) is 0 Å². The lowest BCUT2D eigenvalue weighted by molar-refractivity contribution is -0.142. The zero-order valence-corrected chi connectivity index (χ0v) is 16.5. The van der Waals surface area contributed by atoms with E-state index in [9.17, 15) is 18.8 Å². The van der Waals surface area contributed by atoms with Crippen LogP contribution >= 0.6 is 11.3 Å². The Morgan fingerprint density at radius 1 is 1.28 bits per heavy atom. The summed E-state index contributed by atoms with van der Waals surface area (Å²) in [5.41, 5.74) is -0.900. The summed E-state index contributed by atoms with van der Waals surface area (Å²) in [6.07, 6.45) is 1.34. The van der Waals surface area contributed by atoms with Crippen molar-refractivity contribution >= 4 is 39.0 Å². The highest BCUT2D eigenvalue weighted by atomic mass is 32.1. The molecule has 1 fully saturated rings. The molecule has 0 amide bonds. The van der Waals surface area contributed by atoms with E-state index < -0.39 is 29.0 Å². The number of ether oxygens (including phenoxy) is 2. The Balaban J connectivity index is 2.12. The molecule has 0 atom stereocenters. The topological polar surface area (TPSA) is 74.1 Å². The summed E-state index contributed by atoms with van der Waals surface area (Å²) < 4.78 is 41.5. The highest BCUT2D eigenvalue weighted by Gasteiger charge is 2.33. The zero-order chi connectivity index (χ0) is 20.9. The molecule has 1 aliphatic carbocycles. The van der Waals surface area contributed by atoms with Crippen molar-refractivity contribution in [1.82, 2.24) is 4.40 Å². The Hall–Kier alpha value is -2.81. The largest absolute Gasteiger partial charge is 0.462 e. The van der Waals surface area contributed by atoms with Crippen LogP contribution in [0.3, 0.4) is 0 Å². The minimum absolute atomic E-state index is 0.0392. The summed E-state index contributed by atoms with van der Waals surface area (Å²) in [5.74, 6) is -3.27. The van der Waals surface area contributed by atoms with Crippen molar-refractivity contribution in [3.05, 3.63) is 50.1 Å². The number of esters is 2. The van der Waals surface area contributed by atoms with Gasteiger partial charge in [-0.1, -0.05) is 0 Å². The van der Waals surface area contributed by atoms with E-state index in [1.807, 2.05) is 0 Å². The van der Waals surface area contributed by atoms with Gasteiger partial charge in [-0.25, -0.2) is 13.6 Å². The van der Waals surface area contributed by atoms with Crippen molar-refractivity contribution in [2.24, 2.45) is 0 Å². The van der Waals surface area contributed by atoms with Gasteiger partial charge in [0, 0.05) is 17.9 Å². The molecule has 0 aliphatic heterocycles. The van der Waals surface area contributed by atoms with E-state index in [-0.39, 0.29) is 46.0 Å². The van der Waals surface area contributed by atoms with E-state index in [1.165, 1.54) is 11.3 Å². The molecule has 1 saturated carbocycles. The number of thiazole rings is 1. The Labute approximate surface area is 167 Å². The molecule has 2 heterocycles. The average molecular weight is 421 g/mol. The predicted octanol–water partition coefficient (Wildman–Crippen LogP) is 3.91. The van der Waals surface area contributed by atoms with E-state index in [0.29, 0.717) is 18.5 Å². The van der Waals surface area contributed by atoms with Crippen LogP contribution in [0.1, 0.15) is 54.2 Å². The monoisotopic (exact) mass is 421 g/mol. The third-order valence-corrected chi connectivity index (χ3v) is 5.82. The smallest absolute Gasteiger partial charge is 0.345 e. The van der Waals surface area contributed by atoms with Crippen LogP contribution in [-0.4, -0.2) is 22.9 Å². The molecular formula is C20H17F2NO5S. The first-order valence-corrected chi connectivity index (χ1v) is 10.00. The van der Waals surface area contributed by atoms with Gasteiger partial charge < -0.3 is 9.47 Å². The summed E-state index contributed by atoms with van der Waals surface area (Å²) in [6, 6.07) is 0.983. The number of carbonyl (C=O) groups is 2. The molecule has 9 heteroatoms. The molecule has 29 heavy (non-hydrogen) atoms. The number of nitrogens with zero attached hydrogens (tertiary/aromatic N) is 1. The lowest BCUT2D eigenvalue weighted by atomic mass is 10.0. The maximum atomic E-state index is 15.4. The number of hydrogen-bond acceptors (Lipinski definition) is 6. The summed E-state index contributed by atoms with van der Waals surface area (Å²) in [7, 11) is 0. The molecule has 152 valence electrons. The van der Waals surface area contributed by atoms with Crippen LogP contribution in [0.15, 0.2) is 16.2 Å². The molecule has 4 rings (SSSR count). The van der Waals surface area contributed by atoms with Gasteiger partial charge in [0.05, 0.1) is 23.2 Å². The fourth-order valence-corrected chi connectivity index (χ4v) is 4.46. The normalized spacial score (nSPS) is 13.8. The van der Waals surface area contributed by atoms with Gasteiger partial charge >= 0.3 is 11.9 Å². The van der Waals surface area contributed by atoms with Gasteiger partial charge in [-0.05, 0) is 31.7 Å². The highest BCUT2D eigenvalue weighted by Crippen LogP contribution is 2.44. The molecule has 1 aromatic carbocycles. The van der Waals surface area contributed by atoms with Crippen LogP contribution in [0.4, 0.5) is 8.78 Å². The minimum Gasteiger partial charge on any atom is -0.462 e. The van der Waals surface area contributed by atoms with E-state index in [2.05, 4.69) is 0 Å². The first-order chi connectivity index (χ1) is 13.8. The fourth-order valence-electron chi connectivity index (χ4n) is 3.43. The van der Waals surface area contributed by atoms with E-state index >= 15 is 4.39 Å². The number of benzene rings is 1. The van der Waals surface area contributed by atoms with Crippen LogP contribution in [0, 0.1) is 11.6 Å². The van der Waals surface area contributed by atoms with Crippen LogP contribution in [-0.2, 0) is 20.9 Å². The summed E-state index contributed by atoms with van der Waals surface area (Å²) in [6.45, 7) is 2.68. The lowest BCUT2D eigenvalue weighted by Gasteiger charge is -2.13. The number of rotatable bonds is 5. The third-order valence-electron chi connectivity index (χ3n) is 4.82. The van der Waals surface area contributed by atoms with Crippen LogP contribution in [0.25, 0.3) is 15.7 Å². The second kappa shape index (κ2) is 7.22. The SMILES string of the molecule is CCOC(=O)c1c(=O)c2cc(F)c(C3CC3)c(F)c2n2c(COC(C)=O)csc12. The summed E-state index contributed by atoms with van der Waals surface area (Å²) in [5, 5.41) is 1.31. The van der Waals surface area contributed by atoms with Gasteiger partial charge in [0.1, 0.15) is 22.8 Å². The predicted molar refractivity (Wildman–Crippen MR) is 102 cm³/mol. The van der Waals surface area contributed by atoms with E-state index in [1.54, 1.807) is 12.3 Å². The van der Waals surface area contributed by atoms with Crippen molar-refractivity contribution in [3.63, 3.8) is 0 Å². The van der Waals surface area contributed by atoms with Crippen molar-refractivity contribution in [1.29, 1.82) is 0 Å². The standard InChI is InChI=1S/C20H17F2NO5S/c1-3-27-20(26)15-18(25)12-6-13(21)14(10-4-5-10)16(22)17(12)23-11(7-28-9(2)24)8-29-19(15)23/h6,8,10H,3-5,7H2,1-2H3. The molecule has 0 unspecified atom stereocenters. The third kappa shape index (κ3) is 3.19. The maximum Gasteiger partial charge on any atom is 0.345 e. The molecule has 0 bridgehead atoms. The number of aromatic nitrogens is 1. The molecular weight excluding hydrogens is 404 g/mol. The Morgan fingerprint density at radius 3 is 2.62 bits per heavy atom. The summed E-state index contributed by atoms with van der Waals surface area (Å²) >= 11 is 1.03. The summed E-state index contributed by atoms with van der Waals surface area (Å²) in [4.78, 5) is 36.9. The first-order valence-electron chi connectivity index (χ1n) is 9.12. The maximum absolute atomic E-state index is 15.4. The van der Waals surface area contributed by atoms with Crippen molar-refractivity contribution in [2.45, 2.75) is 39.2 Å². The minimum atomic E-state index is -0.870. The second-order valence-corrected chi connectivity index (χ2v) is 7.69. The molecule has 0 saturated heterocycles. The van der Waals surface area contributed by atoms with Crippen molar-refractivity contribution in [2.75, 3.05) is 6.61 Å². The molecule has 0 N–H and O–H groups in total. The van der Waals surface area contributed by atoms with Gasteiger partial charge in [-0.2, -0.15) is 0 Å². The van der Waals surface area contributed by atoms with Gasteiger partial charge in [-0.3, -0.25) is 14.0 Å². The first kappa shape index (κ1) is 19.5. The number of halogens is 2. The number of fused-ring (bicyclic) bond motifs is 3. The Kier molecular flexibility index (Phi) is 4.85. The fraction of sp³-hybridized carbons (Fsp3) is 0.350. The van der Waals surface area contributed by atoms with E-state index in [0.717, 1.165) is 17.4 Å². The van der Waals surface area contributed by atoms with Gasteiger partial charge in [0.25, 0.3) is 0 Å². The number of pyridine rings is 1. The van der Waals surface area contributed by atoms with E-state index in [4.69, 9.17) is 9.47 Å². The quantitative estimate of drug-likeness (QED) is 0.584. The van der Waals surface area contributed by atoms with Crippen molar-refractivity contribution < 1.29 is 27.8 Å². The lowest BCUT2D eigenvalue weighted by Crippen LogP contribution is -2.21. The van der Waals surface area contributed by atoms with Crippen LogP contribution < -0.4 is 5.43 Å². The molecule has 6 nitrogen and oxygen atoms in total. The number of carbonyl (C=O) groups excluding carboxylic acids is 2. The molecule has 1 aliphatic rings. The van der Waals surface area contributed by atoms with Gasteiger partial charge in [0.2, 0.25) is 5.43 Å². The molecule has 0 spiro atoms. The van der Waals surface area contributed by atoms with Crippen molar-refractivity contribution in [3.8, 4) is 0 Å². The van der Waals surface area contributed by atoms with Crippen LogP contribution in [0.2, 0.25) is 0 Å². The molecule has 2 aromatic heterocycles. The number of hydrogen-bond donors (Lipinski definition) is 0. The van der Waals surface area contributed by atoms with Gasteiger partial charge in [0.15, 0.2) is 5.82 Å². The Morgan fingerprint density at radius 2 is 2.00 bits per heavy atom.